The minimum Gasteiger partial charge on any atom is -0.493 e. The molecular weight excluding hydrogens is 362 g/mol. The second-order valence-corrected chi connectivity index (χ2v) is 8.39. The second-order valence-electron chi connectivity index (χ2n) is 8.39. The van der Waals surface area contributed by atoms with Gasteiger partial charge in [0.15, 0.2) is 17.1 Å². The molecule has 1 spiro atoms. The lowest BCUT2D eigenvalue weighted by molar-refractivity contribution is 0.0106. The summed E-state index contributed by atoms with van der Waals surface area (Å²) >= 11 is 0. The van der Waals surface area contributed by atoms with Gasteiger partial charge in [0.1, 0.15) is 5.60 Å². The third kappa shape index (κ3) is 3.25. The number of hydrogen-bond acceptors (Lipinski definition) is 7. The number of anilines is 1. The molecule has 0 unspecified atom stereocenters. The Morgan fingerprint density at radius 3 is 2.68 bits per heavy atom. The summed E-state index contributed by atoms with van der Waals surface area (Å²) in [5.41, 5.74) is -0.302. The van der Waals surface area contributed by atoms with Gasteiger partial charge in [-0.15, -0.1) is 0 Å². The number of piperazine rings is 1. The summed E-state index contributed by atoms with van der Waals surface area (Å²) in [5, 5.41) is 0. The number of nitrogens with one attached hydrogen (secondary N) is 1. The molecule has 0 aromatic carbocycles. The van der Waals surface area contributed by atoms with Crippen molar-refractivity contribution in [2.24, 2.45) is 0 Å². The molecule has 4 rings (SSSR count). The van der Waals surface area contributed by atoms with Gasteiger partial charge in [0, 0.05) is 25.7 Å². The second kappa shape index (κ2) is 6.35. The molecule has 0 atom stereocenters. The number of rotatable bonds is 2. The smallest absolute Gasteiger partial charge is 0.410 e. The number of aromatic amines is 1. The van der Waals surface area contributed by atoms with Crippen LogP contribution >= 0.6 is 0 Å². The maximum Gasteiger partial charge on any atom is 0.410 e. The molecule has 2 aromatic heterocycles. The average Bonchev–Trinajstić information content (AvgIpc) is 3.38. The Kier molecular flexibility index (Phi) is 4.20. The van der Waals surface area contributed by atoms with Gasteiger partial charge in [0.2, 0.25) is 0 Å². The van der Waals surface area contributed by atoms with E-state index in [0.29, 0.717) is 36.7 Å². The van der Waals surface area contributed by atoms with E-state index in [0.717, 1.165) is 12.8 Å². The van der Waals surface area contributed by atoms with E-state index < -0.39 is 5.60 Å². The third-order valence-electron chi connectivity index (χ3n) is 5.17. The number of pyridine rings is 1. The standard InChI is InChI=1S/C19H25N5O4/c1-18(2,3)28-17(26)24-8-7-23(10-19(24)5-6-19)15-13(27-4)9-12-14(22-15)16(25)21-11-20-12/h9,11H,5-8,10H2,1-4H3,(H,20,21,25). The molecular formula is C19H25N5O4. The van der Waals surface area contributed by atoms with E-state index in [1.165, 1.54) is 6.33 Å². The number of aromatic nitrogens is 3. The molecule has 0 radical (unpaired) electrons. The van der Waals surface area contributed by atoms with Crippen molar-refractivity contribution in [3.63, 3.8) is 0 Å². The van der Waals surface area contributed by atoms with Crippen molar-refractivity contribution in [2.45, 2.75) is 44.8 Å². The Bertz CT molecular complexity index is 976. The minimum atomic E-state index is -0.526. The van der Waals surface area contributed by atoms with Crippen LogP contribution in [0.1, 0.15) is 33.6 Å². The lowest BCUT2D eigenvalue weighted by Gasteiger charge is -2.43. The van der Waals surface area contributed by atoms with E-state index in [1.807, 2.05) is 25.7 Å². The maximum atomic E-state index is 12.6. The SMILES string of the molecule is COc1cc2nc[nH]c(=O)c2nc1N1CCN(C(=O)OC(C)(C)C)C2(CC2)C1. The number of carbonyl (C=O) groups is 1. The fourth-order valence-corrected chi connectivity index (χ4v) is 3.68. The van der Waals surface area contributed by atoms with Crippen LogP contribution in [0.15, 0.2) is 17.2 Å². The van der Waals surface area contributed by atoms with Crippen molar-refractivity contribution >= 4 is 22.9 Å². The van der Waals surface area contributed by atoms with E-state index in [2.05, 4.69) is 19.9 Å². The lowest BCUT2D eigenvalue weighted by atomic mass is 10.1. The maximum absolute atomic E-state index is 12.6. The molecule has 1 saturated heterocycles. The number of methoxy groups -OCH3 is 1. The van der Waals surface area contributed by atoms with Crippen LogP contribution < -0.4 is 15.2 Å². The van der Waals surface area contributed by atoms with Gasteiger partial charge >= 0.3 is 6.09 Å². The predicted molar refractivity (Wildman–Crippen MR) is 104 cm³/mol. The number of nitrogens with zero attached hydrogens (tertiary/aromatic N) is 4. The molecule has 1 N–H and O–H groups in total. The monoisotopic (exact) mass is 387 g/mol. The van der Waals surface area contributed by atoms with Gasteiger partial charge in [0.25, 0.3) is 5.56 Å². The van der Waals surface area contributed by atoms with E-state index in [1.54, 1.807) is 13.2 Å². The number of amides is 1. The van der Waals surface area contributed by atoms with Crippen molar-refractivity contribution in [1.82, 2.24) is 19.9 Å². The predicted octanol–water partition coefficient (Wildman–Crippen LogP) is 1.92. The molecule has 1 saturated carbocycles. The number of fused-ring (bicyclic) bond motifs is 1. The molecule has 1 aliphatic carbocycles. The molecule has 1 amide bonds. The molecule has 3 heterocycles. The van der Waals surface area contributed by atoms with Gasteiger partial charge in [-0.1, -0.05) is 0 Å². The van der Waals surface area contributed by atoms with Crippen LogP contribution in [-0.2, 0) is 4.74 Å². The van der Waals surface area contributed by atoms with Gasteiger partial charge in [-0.25, -0.2) is 14.8 Å². The number of ether oxygens (including phenoxy) is 2. The largest absolute Gasteiger partial charge is 0.493 e. The molecule has 150 valence electrons. The van der Waals surface area contributed by atoms with Gasteiger partial charge in [-0.2, -0.15) is 0 Å². The molecule has 2 aliphatic rings. The molecule has 1 aliphatic heterocycles. The quantitative estimate of drug-likeness (QED) is 0.840. The van der Waals surface area contributed by atoms with Crippen molar-refractivity contribution in [1.29, 1.82) is 0 Å². The van der Waals surface area contributed by atoms with Crippen molar-refractivity contribution in [2.75, 3.05) is 31.6 Å². The Balaban J connectivity index is 1.63. The summed E-state index contributed by atoms with van der Waals surface area (Å²) in [7, 11) is 1.57. The van der Waals surface area contributed by atoms with Crippen molar-refractivity contribution < 1.29 is 14.3 Å². The fourth-order valence-electron chi connectivity index (χ4n) is 3.68. The average molecular weight is 387 g/mol. The van der Waals surface area contributed by atoms with Crippen molar-refractivity contribution in [3.8, 4) is 5.75 Å². The summed E-state index contributed by atoms with van der Waals surface area (Å²) in [6.07, 6.45) is 2.91. The van der Waals surface area contributed by atoms with Crippen LogP contribution in [0, 0.1) is 0 Å². The molecule has 2 aromatic rings. The zero-order chi connectivity index (χ0) is 20.1. The Hall–Kier alpha value is -2.84. The van der Waals surface area contributed by atoms with Gasteiger partial charge < -0.3 is 19.4 Å². The van der Waals surface area contributed by atoms with Crippen LogP contribution in [0.4, 0.5) is 10.6 Å². The first kappa shape index (κ1) is 18.5. The summed E-state index contributed by atoms with van der Waals surface area (Å²) in [6, 6.07) is 1.73. The Labute approximate surface area is 162 Å². The summed E-state index contributed by atoms with van der Waals surface area (Å²) in [6.45, 7) is 7.34. The summed E-state index contributed by atoms with van der Waals surface area (Å²) in [5.74, 6) is 1.16. The lowest BCUT2D eigenvalue weighted by Crippen LogP contribution is -2.58. The van der Waals surface area contributed by atoms with Crippen molar-refractivity contribution in [3.05, 3.63) is 22.7 Å². The highest BCUT2D eigenvalue weighted by Crippen LogP contribution is 2.46. The van der Waals surface area contributed by atoms with Gasteiger partial charge in [-0.3, -0.25) is 9.69 Å². The van der Waals surface area contributed by atoms with E-state index in [9.17, 15) is 9.59 Å². The van der Waals surface area contributed by atoms with E-state index in [4.69, 9.17) is 9.47 Å². The number of H-pyrrole nitrogens is 1. The zero-order valence-corrected chi connectivity index (χ0v) is 16.6. The van der Waals surface area contributed by atoms with Crippen LogP contribution in [0.25, 0.3) is 11.0 Å². The van der Waals surface area contributed by atoms with Gasteiger partial charge in [0.05, 0.1) is 24.5 Å². The fraction of sp³-hybridized carbons (Fsp3) is 0.579. The van der Waals surface area contributed by atoms with Crippen LogP contribution in [-0.4, -0.2) is 63.8 Å². The normalized spacial score (nSPS) is 18.4. The van der Waals surface area contributed by atoms with Crippen LogP contribution in [0.5, 0.6) is 5.75 Å². The zero-order valence-electron chi connectivity index (χ0n) is 16.6. The highest BCUT2D eigenvalue weighted by atomic mass is 16.6. The van der Waals surface area contributed by atoms with Crippen LogP contribution in [0.2, 0.25) is 0 Å². The first-order chi connectivity index (χ1) is 13.2. The summed E-state index contributed by atoms with van der Waals surface area (Å²) < 4.78 is 11.1. The number of hydrogen-bond donors (Lipinski definition) is 1. The van der Waals surface area contributed by atoms with E-state index in [-0.39, 0.29) is 22.7 Å². The van der Waals surface area contributed by atoms with Crippen LogP contribution in [0.3, 0.4) is 0 Å². The minimum absolute atomic E-state index is 0.246. The first-order valence-corrected chi connectivity index (χ1v) is 9.40. The highest BCUT2D eigenvalue weighted by Gasteiger charge is 2.54. The summed E-state index contributed by atoms with van der Waals surface area (Å²) in [4.78, 5) is 40.0. The molecule has 0 bridgehead atoms. The molecule has 2 fully saturated rings. The number of carbonyl (C=O) groups excluding carboxylic acids is 1. The topological polar surface area (TPSA) is 101 Å². The molecule has 28 heavy (non-hydrogen) atoms. The Morgan fingerprint density at radius 1 is 1.29 bits per heavy atom. The Morgan fingerprint density at radius 2 is 2.04 bits per heavy atom. The van der Waals surface area contributed by atoms with Gasteiger partial charge in [-0.05, 0) is 33.6 Å². The molecule has 9 heteroatoms. The third-order valence-corrected chi connectivity index (χ3v) is 5.17. The molecule has 9 nitrogen and oxygen atoms in total. The first-order valence-electron chi connectivity index (χ1n) is 9.40. The van der Waals surface area contributed by atoms with E-state index >= 15 is 0 Å². The highest BCUT2D eigenvalue weighted by molar-refractivity contribution is 5.79.